The number of rotatable bonds is 4. The van der Waals surface area contributed by atoms with E-state index in [1.54, 1.807) is 0 Å². The predicted molar refractivity (Wildman–Crippen MR) is 235 cm³/mol. The molecule has 0 N–H and O–H groups in total. The first-order chi connectivity index (χ1) is 28.3. The lowest BCUT2D eigenvalue weighted by molar-refractivity contribution is 0.779. The third-order valence-electron chi connectivity index (χ3n) is 13.6. The van der Waals surface area contributed by atoms with Crippen molar-refractivity contribution in [3.05, 3.63) is 238 Å². The maximum absolute atomic E-state index is 2.60. The van der Waals surface area contributed by atoms with Crippen LogP contribution in [0.1, 0.15) is 50.1 Å². The Balaban J connectivity index is 1.05. The van der Waals surface area contributed by atoms with E-state index >= 15 is 0 Å². The van der Waals surface area contributed by atoms with Crippen molar-refractivity contribution >= 4 is 22.1 Å². The molecule has 9 aromatic carbocycles. The van der Waals surface area contributed by atoms with E-state index in [4.69, 9.17) is 0 Å². The minimum absolute atomic E-state index is 0.458. The minimum Gasteiger partial charge on any atom is -0.337 e. The van der Waals surface area contributed by atoms with Gasteiger partial charge in [-0.25, -0.2) is 0 Å². The smallest absolute Gasteiger partial charge is 0.0734 e. The van der Waals surface area contributed by atoms with Crippen molar-refractivity contribution in [2.24, 2.45) is 0 Å². The van der Waals surface area contributed by atoms with Gasteiger partial charge < -0.3 is 4.90 Å². The Labute approximate surface area is 333 Å². The first-order valence-corrected chi connectivity index (χ1v) is 20.3. The Morgan fingerprint density at radius 1 is 0.368 bits per heavy atom. The molecule has 1 nitrogen and oxygen atoms in total. The Bertz CT molecular complexity index is 3070. The van der Waals surface area contributed by atoms with Crippen LogP contribution in [0, 0.1) is 0 Å². The number of hydrogen-bond acceptors (Lipinski definition) is 1. The number of anilines is 2. The lowest BCUT2D eigenvalue weighted by atomic mass is 9.68. The second kappa shape index (κ2) is 11.5. The second-order valence-corrected chi connectivity index (χ2v) is 16.3. The molecule has 1 heteroatoms. The van der Waals surface area contributed by atoms with E-state index in [0.717, 1.165) is 19.4 Å². The van der Waals surface area contributed by atoms with Gasteiger partial charge in [-0.05, 0) is 142 Å². The number of nitrogens with zero attached hydrogens (tertiary/aromatic N) is 1. The number of benzene rings is 9. The molecule has 1 unspecified atom stereocenters. The highest BCUT2D eigenvalue weighted by atomic mass is 15.1. The van der Waals surface area contributed by atoms with E-state index < -0.39 is 5.41 Å². The van der Waals surface area contributed by atoms with Gasteiger partial charge in [0, 0.05) is 17.9 Å². The highest BCUT2D eigenvalue weighted by Crippen LogP contribution is 2.65. The third kappa shape index (κ3) is 4.18. The zero-order valence-electron chi connectivity index (χ0n) is 31.5. The highest BCUT2D eigenvalue weighted by molar-refractivity contribution is 6.04. The monoisotopic (exact) mass is 723 g/mol. The molecule has 0 bridgehead atoms. The molecule has 0 radical (unpaired) electrons. The molecule has 13 rings (SSSR count). The first-order valence-electron chi connectivity index (χ1n) is 20.3. The molecule has 4 aliphatic rings. The summed E-state index contributed by atoms with van der Waals surface area (Å²) in [5.74, 6) is 0. The van der Waals surface area contributed by atoms with E-state index in [-0.39, 0.29) is 0 Å². The Morgan fingerprint density at radius 3 is 1.51 bits per heavy atom. The Hall–Kier alpha value is -6.96. The van der Waals surface area contributed by atoms with Crippen molar-refractivity contribution in [2.45, 2.75) is 24.8 Å². The SMILES string of the molecule is c1ccc2c(c1)Cc1cc(N(Cc3cccc4c3C3(c5ccccc5-4)c4ccccc4-c4ccc5ccccc5c43)c3ccc4c(c3)Cc3ccccc3-4)ccc1-2. The molecular weight excluding hydrogens is 687 g/mol. The average molecular weight is 724 g/mol. The van der Waals surface area contributed by atoms with Crippen molar-refractivity contribution in [2.75, 3.05) is 4.90 Å². The molecule has 9 aromatic rings. The quantitative estimate of drug-likeness (QED) is 0.175. The standard InChI is InChI=1S/C56H37N/c1-6-18-47-35(12-1)24-27-51-49-20-8-10-23-53(49)56(55(47)51)52-22-9-7-19-48(52)50-21-11-15-38(54(50)56)34-57(41-25-28-45-39(32-41)30-36-13-2-4-16-43(36)45)42-26-29-46-40(33-42)31-37-14-3-5-17-44(37)46/h1-29,32-33H,30-31,34H2. The van der Waals surface area contributed by atoms with E-state index in [2.05, 4.69) is 193 Å². The molecule has 4 aliphatic carbocycles. The van der Waals surface area contributed by atoms with Crippen LogP contribution in [0.15, 0.2) is 188 Å². The van der Waals surface area contributed by atoms with Gasteiger partial charge >= 0.3 is 0 Å². The maximum atomic E-state index is 2.60. The summed E-state index contributed by atoms with van der Waals surface area (Å²) < 4.78 is 0. The molecule has 1 spiro atoms. The largest absolute Gasteiger partial charge is 0.337 e. The third-order valence-corrected chi connectivity index (χ3v) is 13.6. The summed E-state index contributed by atoms with van der Waals surface area (Å²) in [6.45, 7) is 0.735. The van der Waals surface area contributed by atoms with Crippen LogP contribution in [0.5, 0.6) is 0 Å². The zero-order valence-corrected chi connectivity index (χ0v) is 31.5. The number of hydrogen-bond donors (Lipinski definition) is 0. The van der Waals surface area contributed by atoms with Crippen LogP contribution in [-0.4, -0.2) is 0 Å². The summed E-state index contributed by atoms with van der Waals surface area (Å²) in [6, 6.07) is 71.5. The predicted octanol–water partition coefficient (Wildman–Crippen LogP) is 13.7. The van der Waals surface area contributed by atoms with Crippen molar-refractivity contribution < 1.29 is 0 Å². The molecule has 1 atom stereocenters. The molecule has 0 heterocycles. The molecule has 57 heavy (non-hydrogen) atoms. The Morgan fingerprint density at radius 2 is 0.860 bits per heavy atom. The molecule has 0 amide bonds. The van der Waals surface area contributed by atoms with Gasteiger partial charge in [0.25, 0.3) is 0 Å². The summed E-state index contributed by atoms with van der Waals surface area (Å²) in [7, 11) is 0. The van der Waals surface area contributed by atoms with Crippen LogP contribution in [-0.2, 0) is 24.8 Å². The molecule has 0 saturated heterocycles. The molecule has 266 valence electrons. The summed E-state index contributed by atoms with van der Waals surface area (Å²) in [6.07, 6.45) is 1.93. The van der Waals surface area contributed by atoms with Crippen LogP contribution in [0.25, 0.3) is 55.3 Å². The maximum Gasteiger partial charge on any atom is 0.0734 e. The highest BCUT2D eigenvalue weighted by Gasteiger charge is 2.53. The second-order valence-electron chi connectivity index (χ2n) is 16.3. The lowest BCUT2D eigenvalue weighted by Crippen LogP contribution is -2.29. The molecule has 0 aliphatic heterocycles. The fourth-order valence-electron chi connectivity index (χ4n) is 11.3. The fraction of sp³-hybridized carbons (Fsp3) is 0.0714. The van der Waals surface area contributed by atoms with Gasteiger partial charge in [-0.15, -0.1) is 0 Å². The lowest BCUT2D eigenvalue weighted by Gasteiger charge is -2.35. The average Bonchev–Trinajstić information content (AvgIpc) is 4.00. The normalized spacial score (nSPS) is 15.7. The summed E-state index contributed by atoms with van der Waals surface area (Å²) in [5.41, 5.74) is 25.4. The Kier molecular flexibility index (Phi) is 6.33. The fourth-order valence-corrected chi connectivity index (χ4v) is 11.3. The van der Waals surface area contributed by atoms with Gasteiger partial charge in [-0.3, -0.25) is 0 Å². The van der Waals surface area contributed by atoms with Crippen LogP contribution >= 0.6 is 0 Å². The van der Waals surface area contributed by atoms with Gasteiger partial charge in [0.05, 0.1) is 5.41 Å². The van der Waals surface area contributed by atoms with Gasteiger partial charge in [0.1, 0.15) is 0 Å². The van der Waals surface area contributed by atoms with Gasteiger partial charge in [0.2, 0.25) is 0 Å². The van der Waals surface area contributed by atoms with Crippen LogP contribution < -0.4 is 4.90 Å². The molecule has 0 aromatic heterocycles. The van der Waals surface area contributed by atoms with Gasteiger partial charge in [-0.2, -0.15) is 0 Å². The van der Waals surface area contributed by atoms with E-state index in [1.807, 2.05) is 0 Å². The topological polar surface area (TPSA) is 3.24 Å². The summed E-state index contributed by atoms with van der Waals surface area (Å²) in [4.78, 5) is 2.60. The van der Waals surface area contributed by atoms with E-state index in [0.29, 0.717) is 0 Å². The molecule has 0 saturated carbocycles. The van der Waals surface area contributed by atoms with Crippen LogP contribution in [0.2, 0.25) is 0 Å². The van der Waals surface area contributed by atoms with Gasteiger partial charge in [-0.1, -0.05) is 164 Å². The van der Waals surface area contributed by atoms with Gasteiger partial charge in [0.15, 0.2) is 0 Å². The minimum atomic E-state index is -0.458. The number of fused-ring (bicyclic) bond motifs is 18. The van der Waals surface area contributed by atoms with Crippen molar-refractivity contribution in [3.8, 4) is 44.5 Å². The molecule has 0 fully saturated rings. The zero-order chi connectivity index (χ0) is 37.2. The van der Waals surface area contributed by atoms with E-state index in [9.17, 15) is 0 Å². The summed E-state index contributed by atoms with van der Waals surface area (Å²) >= 11 is 0. The van der Waals surface area contributed by atoms with Crippen molar-refractivity contribution in [1.82, 2.24) is 0 Å². The first kappa shape index (κ1) is 31.3. The van der Waals surface area contributed by atoms with Crippen LogP contribution in [0.3, 0.4) is 0 Å². The van der Waals surface area contributed by atoms with Crippen molar-refractivity contribution in [1.29, 1.82) is 0 Å². The molecular formula is C56H37N. The van der Waals surface area contributed by atoms with E-state index in [1.165, 1.54) is 117 Å². The van der Waals surface area contributed by atoms with Crippen molar-refractivity contribution in [3.63, 3.8) is 0 Å². The summed E-state index contributed by atoms with van der Waals surface area (Å²) in [5, 5.41) is 2.61. The van der Waals surface area contributed by atoms with Crippen LogP contribution in [0.4, 0.5) is 11.4 Å².